The average Bonchev–Trinajstić information content (AvgIpc) is 3.03. The van der Waals surface area contributed by atoms with Gasteiger partial charge in [-0.25, -0.2) is 9.67 Å². The van der Waals surface area contributed by atoms with Crippen LogP contribution in [0.1, 0.15) is 32.1 Å². The van der Waals surface area contributed by atoms with Crippen LogP contribution < -0.4 is 11.1 Å². The molecule has 0 spiro atoms. The fourth-order valence-electron chi connectivity index (χ4n) is 2.70. The lowest BCUT2D eigenvalue weighted by molar-refractivity contribution is -0.122. The van der Waals surface area contributed by atoms with Gasteiger partial charge in [-0.05, 0) is 37.1 Å². The van der Waals surface area contributed by atoms with Crippen molar-refractivity contribution in [2.24, 2.45) is 5.73 Å². The molecule has 0 radical (unpaired) electrons. The highest BCUT2D eigenvalue weighted by Crippen LogP contribution is 2.27. The third kappa shape index (κ3) is 2.95. The van der Waals surface area contributed by atoms with Crippen LogP contribution in [0.15, 0.2) is 36.9 Å². The number of anilines is 1. The van der Waals surface area contributed by atoms with E-state index in [1.54, 1.807) is 11.0 Å². The number of nitrogens with one attached hydrogen (secondary N) is 1. The molecule has 6 heteroatoms. The van der Waals surface area contributed by atoms with Gasteiger partial charge in [-0.15, -0.1) is 0 Å². The van der Waals surface area contributed by atoms with Gasteiger partial charge in [0, 0.05) is 5.69 Å². The number of hydrogen-bond acceptors (Lipinski definition) is 4. The lowest BCUT2D eigenvalue weighted by atomic mass is 9.82. The summed E-state index contributed by atoms with van der Waals surface area (Å²) in [5.41, 5.74) is 7.15. The molecule has 1 amide bonds. The number of aromatic nitrogens is 3. The van der Waals surface area contributed by atoms with Crippen LogP contribution in [0.2, 0.25) is 0 Å². The van der Waals surface area contributed by atoms with Gasteiger partial charge in [-0.3, -0.25) is 4.79 Å². The van der Waals surface area contributed by atoms with Gasteiger partial charge in [-0.2, -0.15) is 5.10 Å². The summed E-state index contributed by atoms with van der Waals surface area (Å²) in [5, 5.41) is 6.98. The molecule has 1 fully saturated rings. The van der Waals surface area contributed by atoms with E-state index >= 15 is 0 Å². The van der Waals surface area contributed by atoms with Gasteiger partial charge in [0.2, 0.25) is 5.91 Å². The maximum atomic E-state index is 12.3. The molecule has 1 saturated carbocycles. The summed E-state index contributed by atoms with van der Waals surface area (Å²) in [6.07, 6.45) is 7.84. The van der Waals surface area contributed by atoms with Crippen molar-refractivity contribution in [2.45, 2.75) is 37.6 Å². The third-order valence-corrected chi connectivity index (χ3v) is 4.01. The quantitative estimate of drug-likeness (QED) is 0.901. The molecular formula is C15H19N5O. The fourth-order valence-corrected chi connectivity index (χ4v) is 2.70. The van der Waals surface area contributed by atoms with Gasteiger partial charge in [0.1, 0.15) is 12.7 Å². The van der Waals surface area contributed by atoms with Crippen LogP contribution in [0.25, 0.3) is 5.69 Å². The average molecular weight is 285 g/mol. The van der Waals surface area contributed by atoms with E-state index in [1.807, 2.05) is 24.3 Å². The van der Waals surface area contributed by atoms with Crippen molar-refractivity contribution in [3.63, 3.8) is 0 Å². The monoisotopic (exact) mass is 285 g/mol. The summed E-state index contributed by atoms with van der Waals surface area (Å²) >= 11 is 0. The minimum absolute atomic E-state index is 0.0873. The number of benzene rings is 1. The molecule has 0 unspecified atom stereocenters. The van der Waals surface area contributed by atoms with Crippen molar-refractivity contribution >= 4 is 11.6 Å². The highest BCUT2D eigenvalue weighted by Gasteiger charge is 2.35. The molecule has 3 rings (SSSR count). The summed E-state index contributed by atoms with van der Waals surface area (Å²) in [5.74, 6) is -0.0873. The van der Waals surface area contributed by atoms with Crippen molar-refractivity contribution in [3.05, 3.63) is 36.9 Å². The number of nitrogens with two attached hydrogens (primary N) is 1. The molecular weight excluding hydrogens is 266 g/mol. The number of carbonyl (C=O) groups excluding carboxylic acids is 1. The summed E-state index contributed by atoms with van der Waals surface area (Å²) in [4.78, 5) is 16.2. The molecule has 1 aromatic carbocycles. The van der Waals surface area contributed by atoms with Crippen molar-refractivity contribution in [1.29, 1.82) is 0 Å². The Labute approximate surface area is 123 Å². The summed E-state index contributed by atoms with van der Waals surface area (Å²) < 4.78 is 1.66. The molecule has 0 atom stereocenters. The summed E-state index contributed by atoms with van der Waals surface area (Å²) in [7, 11) is 0. The Balaban J connectivity index is 1.69. The first-order valence-corrected chi connectivity index (χ1v) is 7.23. The molecule has 21 heavy (non-hydrogen) atoms. The highest BCUT2D eigenvalue weighted by atomic mass is 16.2. The van der Waals surface area contributed by atoms with Gasteiger partial charge in [-0.1, -0.05) is 19.3 Å². The van der Waals surface area contributed by atoms with E-state index in [-0.39, 0.29) is 5.91 Å². The van der Waals surface area contributed by atoms with E-state index in [0.29, 0.717) is 0 Å². The molecule has 0 saturated heterocycles. The Hall–Kier alpha value is -2.21. The van der Waals surface area contributed by atoms with Crippen LogP contribution in [0.3, 0.4) is 0 Å². The van der Waals surface area contributed by atoms with Crippen LogP contribution in [0, 0.1) is 0 Å². The van der Waals surface area contributed by atoms with E-state index in [0.717, 1.165) is 37.1 Å². The van der Waals surface area contributed by atoms with Crippen LogP contribution in [-0.2, 0) is 4.79 Å². The predicted molar refractivity (Wildman–Crippen MR) is 80.0 cm³/mol. The van der Waals surface area contributed by atoms with Gasteiger partial charge < -0.3 is 11.1 Å². The zero-order valence-corrected chi connectivity index (χ0v) is 11.8. The molecule has 0 bridgehead atoms. The lowest BCUT2D eigenvalue weighted by Crippen LogP contribution is -2.52. The van der Waals surface area contributed by atoms with E-state index in [9.17, 15) is 4.79 Å². The zero-order chi connectivity index (χ0) is 14.7. The Bertz CT molecular complexity index is 600. The molecule has 1 heterocycles. The molecule has 1 aliphatic rings. The van der Waals surface area contributed by atoms with Gasteiger partial charge in [0.25, 0.3) is 0 Å². The molecule has 6 nitrogen and oxygen atoms in total. The minimum atomic E-state index is -0.719. The third-order valence-electron chi connectivity index (χ3n) is 4.01. The minimum Gasteiger partial charge on any atom is -0.324 e. The molecule has 3 N–H and O–H groups in total. The Morgan fingerprint density at radius 1 is 1.19 bits per heavy atom. The second-order valence-electron chi connectivity index (χ2n) is 5.56. The second kappa shape index (κ2) is 5.65. The number of hydrogen-bond donors (Lipinski definition) is 2. The first kappa shape index (κ1) is 13.8. The molecule has 2 aromatic rings. The van der Waals surface area contributed by atoms with Crippen LogP contribution in [-0.4, -0.2) is 26.2 Å². The number of amides is 1. The van der Waals surface area contributed by atoms with E-state index in [1.165, 1.54) is 12.7 Å². The van der Waals surface area contributed by atoms with Crippen molar-refractivity contribution < 1.29 is 4.79 Å². The van der Waals surface area contributed by atoms with Crippen molar-refractivity contribution in [2.75, 3.05) is 5.32 Å². The topological polar surface area (TPSA) is 85.8 Å². The van der Waals surface area contributed by atoms with E-state index < -0.39 is 5.54 Å². The lowest BCUT2D eigenvalue weighted by Gasteiger charge is -2.31. The Kier molecular flexibility index (Phi) is 3.70. The number of rotatable bonds is 3. The zero-order valence-electron chi connectivity index (χ0n) is 11.8. The first-order valence-electron chi connectivity index (χ1n) is 7.23. The Morgan fingerprint density at radius 3 is 2.52 bits per heavy atom. The van der Waals surface area contributed by atoms with Crippen LogP contribution >= 0.6 is 0 Å². The van der Waals surface area contributed by atoms with Crippen molar-refractivity contribution in [3.8, 4) is 5.69 Å². The number of carbonyl (C=O) groups is 1. The normalized spacial score (nSPS) is 17.4. The maximum Gasteiger partial charge on any atom is 0.244 e. The molecule has 1 aliphatic carbocycles. The fraction of sp³-hybridized carbons (Fsp3) is 0.400. The van der Waals surface area contributed by atoms with Gasteiger partial charge in [0.15, 0.2) is 0 Å². The van der Waals surface area contributed by atoms with Crippen molar-refractivity contribution in [1.82, 2.24) is 14.8 Å². The predicted octanol–water partition coefficient (Wildman–Crippen LogP) is 1.87. The summed E-state index contributed by atoms with van der Waals surface area (Å²) in [6, 6.07) is 7.46. The second-order valence-corrected chi connectivity index (χ2v) is 5.56. The van der Waals surface area contributed by atoms with E-state index in [2.05, 4.69) is 15.4 Å². The SMILES string of the molecule is NC1(C(=O)Nc2ccc(-n3cncn3)cc2)CCCCC1. The largest absolute Gasteiger partial charge is 0.324 e. The Morgan fingerprint density at radius 2 is 1.90 bits per heavy atom. The highest BCUT2D eigenvalue weighted by molar-refractivity contribution is 5.98. The molecule has 1 aromatic heterocycles. The van der Waals surface area contributed by atoms with Crippen LogP contribution in [0.5, 0.6) is 0 Å². The van der Waals surface area contributed by atoms with Gasteiger partial charge >= 0.3 is 0 Å². The summed E-state index contributed by atoms with van der Waals surface area (Å²) in [6.45, 7) is 0. The smallest absolute Gasteiger partial charge is 0.244 e. The van der Waals surface area contributed by atoms with Crippen LogP contribution in [0.4, 0.5) is 5.69 Å². The maximum absolute atomic E-state index is 12.3. The first-order chi connectivity index (χ1) is 10.2. The standard InChI is InChI=1S/C15H19N5O/c16-15(8-2-1-3-9-15)14(21)19-12-4-6-13(7-5-12)20-11-17-10-18-20/h4-7,10-11H,1-3,8-9,16H2,(H,19,21). The van der Waals surface area contributed by atoms with Gasteiger partial charge in [0.05, 0.1) is 11.2 Å². The number of nitrogens with zero attached hydrogens (tertiary/aromatic N) is 3. The molecule has 0 aliphatic heterocycles. The molecule has 110 valence electrons. The van der Waals surface area contributed by atoms with E-state index in [4.69, 9.17) is 5.73 Å².